The van der Waals surface area contributed by atoms with Crippen molar-refractivity contribution in [3.05, 3.63) is 48.2 Å². The van der Waals surface area contributed by atoms with Crippen LogP contribution in [0, 0.1) is 13.8 Å². The average Bonchev–Trinajstić information content (AvgIpc) is 2.35. The molecule has 3 nitrogen and oxygen atoms in total. The van der Waals surface area contributed by atoms with Crippen LogP contribution in [0.3, 0.4) is 0 Å². The first-order valence-electron chi connectivity index (χ1n) is 7.47. The average molecular weight is 287 g/mol. The third kappa shape index (κ3) is 5.35. The predicted molar refractivity (Wildman–Crippen MR) is 92.9 cm³/mol. The molecular formula is C18H29N3. The minimum atomic E-state index is 0.0797. The predicted octanol–water partition coefficient (Wildman–Crippen LogP) is 3.76. The van der Waals surface area contributed by atoms with Gasteiger partial charge in [-0.15, -0.1) is 13.2 Å². The topological polar surface area (TPSA) is 28.2 Å². The Hall–Kier alpha value is -1.61. The quantitative estimate of drug-likeness (QED) is 0.774. The van der Waals surface area contributed by atoms with Crippen molar-refractivity contribution in [3.63, 3.8) is 0 Å². The Morgan fingerprint density at radius 3 is 2.24 bits per heavy atom. The highest BCUT2D eigenvalue weighted by Crippen LogP contribution is 2.23. The molecule has 1 heterocycles. The van der Waals surface area contributed by atoms with Crippen molar-refractivity contribution in [1.29, 1.82) is 0 Å². The highest BCUT2D eigenvalue weighted by molar-refractivity contribution is 5.52. The summed E-state index contributed by atoms with van der Waals surface area (Å²) in [6, 6.07) is 2.14. The standard InChI is InChI=1S/C18H29N3/c1-8-10-21(11-9-2)17-16(13-19-18(5,6)7)14(3)12-15(4)20-17/h8-9,12,19H,1-2,10-11,13H2,3-7H3. The Morgan fingerprint density at radius 1 is 1.19 bits per heavy atom. The molecule has 116 valence electrons. The van der Waals surface area contributed by atoms with E-state index in [1.54, 1.807) is 0 Å². The molecule has 1 N–H and O–H groups in total. The number of aryl methyl sites for hydroxylation is 2. The highest BCUT2D eigenvalue weighted by atomic mass is 15.2. The smallest absolute Gasteiger partial charge is 0.134 e. The van der Waals surface area contributed by atoms with Crippen LogP contribution in [0.5, 0.6) is 0 Å². The lowest BCUT2D eigenvalue weighted by atomic mass is 10.1. The minimum Gasteiger partial charge on any atom is -0.349 e. The SMILES string of the molecule is C=CCN(CC=C)c1nc(C)cc(C)c1CNC(C)(C)C. The molecule has 1 rings (SSSR count). The monoisotopic (exact) mass is 287 g/mol. The Balaban J connectivity index is 3.20. The number of hydrogen-bond acceptors (Lipinski definition) is 3. The first-order chi connectivity index (χ1) is 9.78. The molecule has 3 heteroatoms. The van der Waals surface area contributed by atoms with Crippen molar-refractivity contribution >= 4 is 5.82 Å². The molecule has 0 fully saturated rings. The van der Waals surface area contributed by atoms with Gasteiger partial charge in [0.1, 0.15) is 5.82 Å². The second kappa shape index (κ2) is 7.41. The second-order valence-electron chi connectivity index (χ2n) is 6.47. The fourth-order valence-corrected chi connectivity index (χ4v) is 2.24. The first kappa shape index (κ1) is 17.4. The Kier molecular flexibility index (Phi) is 6.16. The zero-order chi connectivity index (χ0) is 16.0. The van der Waals surface area contributed by atoms with Crippen LogP contribution in [0.25, 0.3) is 0 Å². The number of pyridine rings is 1. The zero-order valence-corrected chi connectivity index (χ0v) is 14.2. The van der Waals surface area contributed by atoms with Gasteiger partial charge in [0, 0.05) is 36.4 Å². The molecule has 0 aliphatic carbocycles. The minimum absolute atomic E-state index is 0.0797. The summed E-state index contributed by atoms with van der Waals surface area (Å²) < 4.78 is 0. The summed E-state index contributed by atoms with van der Waals surface area (Å²) in [7, 11) is 0. The maximum Gasteiger partial charge on any atom is 0.134 e. The van der Waals surface area contributed by atoms with E-state index >= 15 is 0 Å². The lowest BCUT2D eigenvalue weighted by Gasteiger charge is -2.27. The third-order valence-electron chi connectivity index (χ3n) is 3.25. The molecular weight excluding hydrogens is 258 g/mol. The van der Waals surface area contributed by atoms with Gasteiger partial charge in [0.05, 0.1) is 0 Å². The van der Waals surface area contributed by atoms with E-state index in [9.17, 15) is 0 Å². The van der Waals surface area contributed by atoms with Gasteiger partial charge in [-0.3, -0.25) is 0 Å². The molecule has 1 aromatic heterocycles. The maximum atomic E-state index is 4.76. The molecule has 0 bridgehead atoms. The molecule has 1 aromatic rings. The van der Waals surface area contributed by atoms with Gasteiger partial charge in [0.15, 0.2) is 0 Å². The van der Waals surface area contributed by atoms with Crippen LogP contribution in [0.2, 0.25) is 0 Å². The van der Waals surface area contributed by atoms with E-state index in [1.165, 1.54) is 11.1 Å². The zero-order valence-electron chi connectivity index (χ0n) is 14.2. The molecule has 0 saturated carbocycles. The molecule has 0 aliphatic heterocycles. The van der Waals surface area contributed by atoms with E-state index < -0.39 is 0 Å². The van der Waals surface area contributed by atoms with Crippen molar-refractivity contribution < 1.29 is 0 Å². The van der Waals surface area contributed by atoms with Crippen molar-refractivity contribution in [3.8, 4) is 0 Å². The summed E-state index contributed by atoms with van der Waals surface area (Å²) in [4.78, 5) is 6.97. The Labute approximate surface area is 129 Å². The first-order valence-corrected chi connectivity index (χ1v) is 7.47. The molecule has 0 unspecified atom stereocenters. The van der Waals surface area contributed by atoms with E-state index in [2.05, 4.69) is 57.1 Å². The fourth-order valence-electron chi connectivity index (χ4n) is 2.24. The van der Waals surface area contributed by atoms with Crippen molar-refractivity contribution in [2.24, 2.45) is 0 Å². The van der Waals surface area contributed by atoms with Gasteiger partial charge >= 0.3 is 0 Å². The van der Waals surface area contributed by atoms with Gasteiger partial charge in [0.2, 0.25) is 0 Å². The van der Waals surface area contributed by atoms with Gasteiger partial charge in [-0.25, -0.2) is 4.98 Å². The lowest BCUT2D eigenvalue weighted by molar-refractivity contribution is 0.423. The fraction of sp³-hybridized carbons (Fsp3) is 0.500. The summed E-state index contributed by atoms with van der Waals surface area (Å²) in [5.74, 6) is 1.03. The summed E-state index contributed by atoms with van der Waals surface area (Å²) in [6.45, 7) is 20.8. The van der Waals surface area contributed by atoms with Crippen LogP contribution in [-0.2, 0) is 6.54 Å². The molecule has 0 amide bonds. The number of rotatable bonds is 7. The van der Waals surface area contributed by atoms with Gasteiger partial charge in [-0.05, 0) is 46.2 Å². The van der Waals surface area contributed by atoms with Gasteiger partial charge in [0.25, 0.3) is 0 Å². The van der Waals surface area contributed by atoms with E-state index in [1.807, 2.05) is 19.1 Å². The summed E-state index contributed by atoms with van der Waals surface area (Å²) in [5, 5.41) is 3.56. The summed E-state index contributed by atoms with van der Waals surface area (Å²) in [5.41, 5.74) is 3.64. The number of hydrogen-bond donors (Lipinski definition) is 1. The maximum absolute atomic E-state index is 4.76. The van der Waals surface area contributed by atoms with Gasteiger partial charge in [-0.1, -0.05) is 12.2 Å². The number of anilines is 1. The van der Waals surface area contributed by atoms with Crippen LogP contribution in [0.1, 0.15) is 37.6 Å². The molecule has 0 radical (unpaired) electrons. The molecule has 21 heavy (non-hydrogen) atoms. The molecule has 0 saturated heterocycles. The molecule has 0 aromatic carbocycles. The van der Waals surface area contributed by atoms with Crippen LogP contribution in [-0.4, -0.2) is 23.6 Å². The van der Waals surface area contributed by atoms with Crippen molar-refractivity contribution in [2.75, 3.05) is 18.0 Å². The van der Waals surface area contributed by atoms with Crippen LogP contribution >= 0.6 is 0 Å². The Morgan fingerprint density at radius 2 is 1.76 bits per heavy atom. The lowest BCUT2D eigenvalue weighted by Crippen LogP contribution is -2.36. The van der Waals surface area contributed by atoms with Crippen LogP contribution < -0.4 is 10.2 Å². The number of nitrogens with zero attached hydrogens (tertiary/aromatic N) is 2. The van der Waals surface area contributed by atoms with Crippen molar-refractivity contribution in [1.82, 2.24) is 10.3 Å². The van der Waals surface area contributed by atoms with E-state index in [-0.39, 0.29) is 5.54 Å². The van der Waals surface area contributed by atoms with Crippen LogP contribution in [0.15, 0.2) is 31.4 Å². The Bertz CT molecular complexity index is 488. The van der Waals surface area contributed by atoms with Gasteiger partial charge < -0.3 is 10.2 Å². The second-order valence-corrected chi connectivity index (χ2v) is 6.47. The number of aromatic nitrogens is 1. The number of nitrogens with one attached hydrogen (secondary N) is 1. The van der Waals surface area contributed by atoms with Crippen molar-refractivity contribution in [2.45, 2.75) is 46.7 Å². The van der Waals surface area contributed by atoms with E-state index in [0.717, 1.165) is 31.1 Å². The summed E-state index contributed by atoms with van der Waals surface area (Å²) in [6.07, 6.45) is 3.81. The normalized spacial score (nSPS) is 11.3. The highest BCUT2D eigenvalue weighted by Gasteiger charge is 2.16. The third-order valence-corrected chi connectivity index (χ3v) is 3.25. The molecule has 0 spiro atoms. The van der Waals surface area contributed by atoms with Crippen LogP contribution in [0.4, 0.5) is 5.82 Å². The van der Waals surface area contributed by atoms with E-state index in [0.29, 0.717) is 0 Å². The van der Waals surface area contributed by atoms with Gasteiger partial charge in [-0.2, -0.15) is 0 Å². The molecule has 0 atom stereocenters. The van der Waals surface area contributed by atoms with E-state index in [4.69, 9.17) is 4.98 Å². The molecule has 0 aliphatic rings. The largest absolute Gasteiger partial charge is 0.349 e. The summed E-state index contributed by atoms with van der Waals surface area (Å²) >= 11 is 0.